The van der Waals surface area contributed by atoms with Crippen LogP contribution >= 0.6 is 0 Å². The van der Waals surface area contributed by atoms with E-state index in [0.29, 0.717) is 17.9 Å². The first kappa shape index (κ1) is 18.1. The van der Waals surface area contributed by atoms with Crippen LogP contribution in [0, 0.1) is 10.1 Å². The quantitative estimate of drug-likeness (QED) is 0.334. The third-order valence-corrected chi connectivity index (χ3v) is 3.65. The molecule has 1 aliphatic rings. The first-order valence-electron chi connectivity index (χ1n) is 8.23. The maximum atomic E-state index is 12.0. The van der Waals surface area contributed by atoms with Crippen LogP contribution in [0.5, 0.6) is 5.75 Å². The van der Waals surface area contributed by atoms with Crippen molar-refractivity contribution in [3.8, 4) is 5.75 Å². The molecule has 3 rings (SSSR count). The molecule has 0 amide bonds. The lowest BCUT2D eigenvalue weighted by Gasteiger charge is -2.06. The Kier molecular flexibility index (Phi) is 5.41. The third-order valence-electron chi connectivity index (χ3n) is 3.65. The zero-order valence-corrected chi connectivity index (χ0v) is 14.5. The maximum absolute atomic E-state index is 12.0. The molecule has 0 fully saturated rings. The molecule has 7 heteroatoms. The summed E-state index contributed by atoms with van der Waals surface area (Å²) >= 11 is 0. The van der Waals surface area contributed by atoms with Crippen LogP contribution < -0.4 is 4.74 Å². The molecule has 0 atom stereocenters. The molecular weight excluding hydrogens is 348 g/mol. The number of nitro benzene ring substituents is 1. The summed E-state index contributed by atoms with van der Waals surface area (Å²) < 4.78 is 10.7. The van der Waals surface area contributed by atoms with Gasteiger partial charge in [-0.05, 0) is 30.7 Å². The van der Waals surface area contributed by atoms with Gasteiger partial charge in [0.2, 0.25) is 5.90 Å². The molecular formula is C20H16N2O5. The molecule has 0 radical (unpaired) electrons. The van der Waals surface area contributed by atoms with Gasteiger partial charge in [-0.2, -0.15) is 0 Å². The van der Waals surface area contributed by atoms with E-state index in [2.05, 4.69) is 4.99 Å². The van der Waals surface area contributed by atoms with E-state index >= 15 is 0 Å². The molecule has 2 aromatic rings. The molecule has 1 heterocycles. The SMILES string of the molecule is CCOc1ccccc1/C=C1N=C(/C=C/c2cccc([N+](=O)[O-])c2)OC/1=O. The fraction of sp³-hybridized carbons (Fsp3) is 0.100. The fourth-order valence-electron chi connectivity index (χ4n) is 2.44. The Bertz CT molecular complexity index is 976. The lowest BCUT2D eigenvalue weighted by molar-refractivity contribution is -0.384. The minimum absolute atomic E-state index is 0.0179. The van der Waals surface area contributed by atoms with E-state index in [-0.39, 0.29) is 17.3 Å². The van der Waals surface area contributed by atoms with Crippen LogP contribution in [-0.4, -0.2) is 23.4 Å². The van der Waals surface area contributed by atoms with Crippen molar-refractivity contribution >= 4 is 29.7 Å². The molecule has 0 bridgehead atoms. The van der Waals surface area contributed by atoms with Crippen LogP contribution in [0.1, 0.15) is 18.1 Å². The van der Waals surface area contributed by atoms with Gasteiger partial charge >= 0.3 is 5.97 Å². The fourth-order valence-corrected chi connectivity index (χ4v) is 2.44. The van der Waals surface area contributed by atoms with Crippen molar-refractivity contribution < 1.29 is 19.2 Å². The number of nitro groups is 1. The molecule has 136 valence electrons. The first-order chi connectivity index (χ1) is 13.1. The second kappa shape index (κ2) is 8.09. The number of aliphatic imine (C=N–C) groups is 1. The predicted octanol–water partition coefficient (Wildman–Crippen LogP) is 4.00. The number of hydrogen-bond donors (Lipinski definition) is 0. The Balaban J connectivity index is 1.82. The predicted molar refractivity (Wildman–Crippen MR) is 101 cm³/mol. The highest BCUT2D eigenvalue weighted by atomic mass is 16.6. The summed E-state index contributed by atoms with van der Waals surface area (Å²) in [6.07, 6.45) is 4.68. The lowest BCUT2D eigenvalue weighted by Crippen LogP contribution is -2.01. The zero-order chi connectivity index (χ0) is 19.2. The molecule has 27 heavy (non-hydrogen) atoms. The van der Waals surface area contributed by atoms with Crippen LogP contribution in [0.15, 0.2) is 65.3 Å². The lowest BCUT2D eigenvalue weighted by atomic mass is 10.1. The summed E-state index contributed by atoms with van der Waals surface area (Å²) in [7, 11) is 0. The van der Waals surface area contributed by atoms with E-state index in [1.165, 1.54) is 18.2 Å². The Morgan fingerprint density at radius 3 is 2.78 bits per heavy atom. The number of carbonyl (C=O) groups is 1. The minimum atomic E-state index is -0.569. The Morgan fingerprint density at radius 2 is 2.00 bits per heavy atom. The molecule has 0 aromatic heterocycles. The van der Waals surface area contributed by atoms with E-state index in [4.69, 9.17) is 9.47 Å². The average molecular weight is 364 g/mol. The van der Waals surface area contributed by atoms with Gasteiger partial charge in [-0.25, -0.2) is 9.79 Å². The van der Waals surface area contributed by atoms with Gasteiger partial charge in [0.15, 0.2) is 5.70 Å². The zero-order valence-electron chi connectivity index (χ0n) is 14.5. The van der Waals surface area contributed by atoms with Crippen molar-refractivity contribution in [3.05, 3.63) is 81.5 Å². The first-order valence-corrected chi connectivity index (χ1v) is 8.23. The molecule has 2 aromatic carbocycles. The van der Waals surface area contributed by atoms with Gasteiger partial charge in [0, 0.05) is 23.8 Å². The number of carbonyl (C=O) groups excluding carboxylic acids is 1. The highest BCUT2D eigenvalue weighted by Gasteiger charge is 2.21. The van der Waals surface area contributed by atoms with Crippen LogP contribution in [-0.2, 0) is 9.53 Å². The number of ether oxygens (including phenoxy) is 2. The molecule has 0 unspecified atom stereocenters. The second-order valence-corrected chi connectivity index (χ2v) is 5.53. The van der Waals surface area contributed by atoms with Crippen molar-refractivity contribution in [1.82, 2.24) is 0 Å². The monoisotopic (exact) mass is 364 g/mol. The Hall–Kier alpha value is -3.74. The molecule has 0 spiro atoms. The van der Waals surface area contributed by atoms with Gasteiger partial charge in [0.25, 0.3) is 5.69 Å². The van der Waals surface area contributed by atoms with Gasteiger partial charge in [-0.3, -0.25) is 10.1 Å². The highest BCUT2D eigenvalue weighted by molar-refractivity contribution is 6.11. The van der Waals surface area contributed by atoms with Crippen LogP contribution in [0.25, 0.3) is 12.2 Å². The van der Waals surface area contributed by atoms with Crippen molar-refractivity contribution in [2.24, 2.45) is 4.99 Å². The number of rotatable bonds is 6. The van der Waals surface area contributed by atoms with Crippen LogP contribution in [0.3, 0.4) is 0 Å². The normalized spacial score (nSPS) is 15.1. The van der Waals surface area contributed by atoms with Gasteiger partial charge in [-0.15, -0.1) is 0 Å². The smallest absolute Gasteiger partial charge is 0.363 e. The standard InChI is InChI=1S/C20H16N2O5/c1-2-26-18-9-4-3-7-15(18)13-17-20(23)27-19(21-17)11-10-14-6-5-8-16(12-14)22(24)25/h3-13H,2H2,1H3/b11-10+,17-13+. The minimum Gasteiger partial charge on any atom is -0.493 e. The van der Waals surface area contributed by atoms with Crippen molar-refractivity contribution in [2.75, 3.05) is 6.61 Å². The molecule has 0 aliphatic carbocycles. The molecule has 7 nitrogen and oxygen atoms in total. The highest BCUT2D eigenvalue weighted by Crippen LogP contribution is 2.24. The van der Waals surface area contributed by atoms with E-state index < -0.39 is 10.9 Å². The number of esters is 1. The molecule has 0 saturated carbocycles. The van der Waals surface area contributed by atoms with E-state index in [1.807, 2.05) is 31.2 Å². The second-order valence-electron chi connectivity index (χ2n) is 5.53. The summed E-state index contributed by atoms with van der Waals surface area (Å²) in [5.74, 6) is 0.197. The van der Waals surface area contributed by atoms with Crippen molar-refractivity contribution in [3.63, 3.8) is 0 Å². The van der Waals surface area contributed by atoms with Crippen molar-refractivity contribution in [1.29, 1.82) is 0 Å². The average Bonchev–Trinajstić information content (AvgIpc) is 3.01. The summed E-state index contributed by atoms with van der Waals surface area (Å²) in [6, 6.07) is 13.4. The number of nitrogens with zero attached hydrogens (tertiary/aromatic N) is 2. The Labute approximate surface area is 155 Å². The van der Waals surface area contributed by atoms with Gasteiger partial charge in [-0.1, -0.05) is 30.3 Å². The van der Waals surface area contributed by atoms with E-state index in [1.54, 1.807) is 24.3 Å². The number of cyclic esters (lactones) is 1. The topological polar surface area (TPSA) is 91.0 Å². The third kappa shape index (κ3) is 4.46. The van der Waals surface area contributed by atoms with Gasteiger partial charge in [0.05, 0.1) is 11.5 Å². The van der Waals surface area contributed by atoms with Crippen LogP contribution in [0.4, 0.5) is 5.69 Å². The van der Waals surface area contributed by atoms with Gasteiger partial charge < -0.3 is 9.47 Å². The summed E-state index contributed by atoms with van der Waals surface area (Å²) in [5, 5.41) is 10.8. The number of hydrogen-bond acceptors (Lipinski definition) is 6. The summed E-state index contributed by atoms with van der Waals surface area (Å²) in [6.45, 7) is 2.38. The van der Waals surface area contributed by atoms with E-state index in [9.17, 15) is 14.9 Å². The number of benzene rings is 2. The molecule has 1 aliphatic heterocycles. The molecule has 0 saturated heterocycles. The number of para-hydroxylation sites is 1. The maximum Gasteiger partial charge on any atom is 0.363 e. The molecule has 0 N–H and O–H groups in total. The van der Waals surface area contributed by atoms with E-state index in [0.717, 1.165) is 5.56 Å². The van der Waals surface area contributed by atoms with Crippen molar-refractivity contribution in [2.45, 2.75) is 6.92 Å². The summed E-state index contributed by atoms with van der Waals surface area (Å²) in [4.78, 5) is 26.6. The Morgan fingerprint density at radius 1 is 1.19 bits per heavy atom. The number of non-ortho nitro benzene ring substituents is 1. The van der Waals surface area contributed by atoms with Crippen LogP contribution in [0.2, 0.25) is 0 Å². The van der Waals surface area contributed by atoms with Gasteiger partial charge in [0.1, 0.15) is 5.75 Å². The largest absolute Gasteiger partial charge is 0.493 e. The summed E-state index contributed by atoms with van der Waals surface area (Å²) in [5.41, 5.74) is 1.46.